The van der Waals surface area contributed by atoms with Crippen molar-refractivity contribution in [2.75, 3.05) is 13.1 Å². The van der Waals surface area contributed by atoms with Crippen LogP contribution >= 0.6 is 11.6 Å². The molecule has 0 aromatic heterocycles. The van der Waals surface area contributed by atoms with Crippen molar-refractivity contribution >= 4 is 23.4 Å². The van der Waals surface area contributed by atoms with Crippen LogP contribution in [0.3, 0.4) is 0 Å². The Kier molecular flexibility index (Phi) is 5.83. The van der Waals surface area contributed by atoms with E-state index in [4.69, 9.17) is 11.6 Å². The van der Waals surface area contributed by atoms with E-state index in [1.165, 1.54) is 0 Å². The highest BCUT2D eigenvalue weighted by molar-refractivity contribution is 6.30. The van der Waals surface area contributed by atoms with Gasteiger partial charge in [-0.05, 0) is 37.5 Å². The molecular formula is C17H23ClN2O2. The SMILES string of the molecule is CCC(C)N1CC(C(=O)NCCc2ccc(Cl)cc2)CC1=O. The molecule has 2 amide bonds. The summed E-state index contributed by atoms with van der Waals surface area (Å²) in [7, 11) is 0. The Morgan fingerprint density at radius 1 is 1.41 bits per heavy atom. The van der Waals surface area contributed by atoms with E-state index in [0.29, 0.717) is 24.5 Å². The van der Waals surface area contributed by atoms with Gasteiger partial charge in [0.1, 0.15) is 0 Å². The molecule has 0 aliphatic carbocycles. The molecule has 120 valence electrons. The molecule has 1 fully saturated rings. The van der Waals surface area contributed by atoms with Crippen LogP contribution in [0.2, 0.25) is 5.02 Å². The first-order valence-corrected chi connectivity index (χ1v) is 8.20. The fourth-order valence-corrected chi connectivity index (χ4v) is 2.81. The van der Waals surface area contributed by atoms with Crippen LogP contribution in [-0.4, -0.2) is 35.8 Å². The van der Waals surface area contributed by atoms with Crippen LogP contribution < -0.4 is 5.32 Å². The quantitative estimate of drug-likeness (QED) is 0.875. The second-order valence-corrected chi connectivity index (χ2v) is 6.31. The number of carbonyl (C=O) groups is 2. The van der Waals surface area contributed by atoms with Crippen molar-refractivity contribution in [1.29, 1.82) is 0 Å². The zero-order valence-electron chi connectivity index (χ0n) is 13.1. The minimum atomic E-state index is -0.216. The van der Waals surface area contributed by atoms with Gasteiger partial charge < -0.3 is 10.2 Å². The number of benzene rings is 1. The van der Waals surface area contributed by atoms with E-state index in [0.717, 1.165) is 18.4 Å². The van der Waals surface area contributed by atoms with E-state index >= 15 is 0 Å². The molecule has 2 unspecified atom stereocenters. The van der Waals surface area contributed by atoms with Crippen molar-refractivity contribution in [3.63, 3.8) is 0 Å². The predicted molar refractivity (Wildman–Crippen MR) is 87.7 cm³/mol. The van der Waals surface area contributed by atoms with Gasteiger partial charge in [0.2, 0.25) is 11.8 Å². The van der Waals surface area contributed by atoms with Crippen LogP contribution in [0.15, 0.2) is 24.3 Å². The monoisotopic (exact) mass is 322 g/mol. The smallest absolute Gasteiger partial charge is 0.225 e. The molecule has 1 N–H and O–H groups in total. The van der Waals surface area contributed by atoms with Gasteiger partial charge in [-0.25, -0.2) is 0 Å². The second kappa shape index (κ2) is 7.63. The number of likely N-dealkylation sites (tertiary alicyclic amines) is 1. The first-order valence-electron chi connectivity index (χ1n) is 7.83. The number of amides is 2. The molecule has 1 heterocycles. The standard InChI is InChI=1S/C17H23ClN2O2/c1-3-12(2)20-11-14(10-16(20)21)17(22)19-9-8-13-4-6-15(18)7-5-13/h4-7,12,14H,3,8-11H2,1-2H3,(H,19,22). The van der Waals surface area contributed by atoms with Gasteiger partial charge in [0.25, 0.3) is 0 Å². The lowest BCUT2D eigenvalue weighted by Gasteiger charge is -2.23. The molecule has 5 heteroatoms. The van der Waals surface area contributed by atoms with Crippen LogP contribution in [0.5, 0.6) is 0 Å². The van der Waals surface area contributed by atoms with Crippen molar-refractivity contribution in [3.8, 4) is 0 Å². The zero-order chi connectivity index (χ0) is 16.1. The summed E-state index contributed by atoms with van der Waals surface area (Å²) < 4.78 is 0. The summed E-state index contributed by atoms with van der Waals surface area (Å²) >= 11 is 5.84. The van der Waals surface area contributed by atoms with E-state index in [-0.39, 0.29) is 23.8 Å². The minimum absolute atomic E-state index is 0.0203. The third-order valence-electron chi connectivity index (χ3n) is 4.28. The summed E-state index contributed by atoms with van der Waals surface area (Å²) in [6.07, 6.45) is 2.01. The van der Waals surface area contributed by atoms with Crippen LogP contribution in [0.1, 0.15) is 32.3 Å². The van der Waals surface area contributed by atoms with Crippen LogP contribution in [0.25, 0.3) is 0 Å². The molecular weight excluding hydrogens is 300 g/mol. The number of halogens is 1. The number of hydrogen-bond donors (Lipinski definition) is 1. The summed E-state index contributed by atoms with van der Waals surface area (Å²) in [5.74, 6) is -0.146. The zero-order valence-corrected chi connectivity index (χ0v) is 13.9. The molecule has 1 aliphatic heterocycles. The van der Waals surface area contributed by atoms with E-state index < -0.39 is 0 Å². The molecule has 2 rings (SSSR count). The lowest BCUT2D eigenvalue weighted by molar-refractivity contribution is -0.130. The molecule has 0 spiro atoms. The highest BCUT2D eigenvalue weighted by Gasteiger charge is 2.35. The van der Waals surface area contributed by atoms with E-state index in [9.17, 15) is 9.59 Å². The minimum Gasteiger partial charge on any atom is -0.355 e. The summed E-state index contributed by atoms with van der Waals surface area (Å²) in [6.45, 7) is 5.20. The molecule has 4 nitrogen and oxygen atoms in total. The molecule has 1 aromatic carbocycles. The Morgan fingerprint density at radius 3 is 2.73 bits per heavy atom. The first kappa shape index (κ1) is 16.8. The predicted octanol–water partition coefficient (Wildman–Crippen LogP) is 2.65. The van der Waals surface area contributed by atoms with E-state index in [1.807, 2.05) is 36.1 Å². The molecule has 0 bridgehead atoms. The normalized spacial score (nSPS) is 19.3. The average Bonchev–Trinajstić information content (AvgIpc) is 2.90. The second-order valence-electron chi connectivity index (χ2n) is 5.87. The van der Waals surface area contributed by atoms with Crippen LogP contribution in [0.4, 0.5) is 0 Å². The summed E-state index contributed by atoms with van der Waals surface area (Å²) in [5, 5.41) is 3.65. The fraction of sp³-hybridized carbons (Fsp3) is 0.529. The van der Waals surface area contributed by atoms with Gasteiger partial charge in [-0.15, -0.1) is 0 Å². The fourth-order valence-electron chi connectivity index (χ4n) is 2.68. The van der Waals surface area contributed by atoms with Gasteiger partial charge in [0.15, 0.2) is 0 Å². The number of hydrogen-bond acceptors (Lipinski definition) is 2. The molecule has 0 radical (unpaired) electrons. The van der Waals surface area contributed by atoms with Gasteiger partial charge >= 0.3 is 0 Å². The Bertz CT molecular complexity index is 530. The first-order chi connectivity index (χ1) is 10.5. The van der Waals surface area contributed by atoms with Crippen molar-refractivity contribution in [2.45, 2.75) is 39.2 Å². The Labute approximate surface area is 136 Å². The number of rotatable bonds is 6. The van der Waals surface area contributed by atoms with Gasteiger partial charge in [-0.3, -0.25) is 9.59 Å². The maximum absolute atomic E-state index is 12.2. The van der Waals surface area contributed by atoms with Crippen LogP contribution in [0, 0.1) is 5.92 Å². The van der Waals surface area contributed by atoms with E-state index in [2.05, 4.69) is 12.2 Å². The maximum Gasteiger partial charge on any atom is 0.225 e. The van der Waals surface area contributed by atoms with Crippen molar-refractivity contribution in [3.05, 3.63) is 34.9 Å². The van der Waals surface area contributed by atoms with Gasteiger partial charge in [-0.1, -0.05) is 30.7 Å². The molecule has 22 heavy (non-hydrogen) atoms. The number of nitrogens with zero attached hydrogens (tertiary/aromatic N) is 1. The van der Waals surface area contributed by atoms with Gasteiger partial charge in [0, 0.05) is 30.6 Å². The number of carbonyl (C=O) groups excluding carboxylic acids is 2. The topological polar surface area (TPSA) is 49.4 Å². The summed E-state index contributed by atoms with van der Waals surface area (Å²) in [4.78, 5) is 26.0. The Morgan fingerprint density at radius 2 is 2.09 bits per heavy atom. The average molecular weight is 323 g/mol. The Balaban J connectivity index is 1.78. The number of nitrogens with one attached hydrogen (secondary N) is 1. The van der Waals surface area contributed by atoms with Crippen molar-refractivity contribution < 1.29 is 9.59 Å². The largest absolute Gasteiger partial charge is 0.355 e. The molecule has 1 saturated heterocycles. The highest BCUT2D eigenvalue weighted by atomic mass is 35.5. The van der Waals surface area contributed by atoms with E-state index in [1.54, 1.807) is 0 Å². The highest BCUT2D eigenvalue weighted by Crippen LogP contribution is 2.21. The molecule has 1 aliphatic rings. The third-order valence-corrected chi connectivity index (χ3v) is 4.53. The maximum atomic E-state index is 12.2. The molecule has 0 saturated carbocycles. The summed E-state index contributed by atoms with van der Waals surface area (Å²) in [6, 6.07) is 7.81. The lowest BCUT2D eigenvalue weighted by atomic mass is 10.1. The Hall–Kier alpha value is -1.55. The lowest BCUT2D eigenvalue weighted by Crippen LogP contribution is -2.37. The molecule has 1 aromatic rings. The van der Waals surface area contributed by atoms with Crippen molar-refractivity contribution in [2.24, 2.45) is 5.92 Å². The van der Waals surface area contributed by atoms with Crippen LogP contribution in [-0.2, 0) is 16.0 Å². The molecule has 2 atom stereocenters. The van der Waals surface area contributed by atoms with Gasteiger partial charge in [0.05, 0.1) is 5.92 Å². The summed E-state index contributed by atoms with van der Waals surface area (Å²) in [5.41, 5.74) is 1.13. The third kappa shape index (κ3) is 4.23. The van der Waals surface area contributed by atoms with Crippen molar-refractivity contribution in [1.82, 2.24) is 10.2 Å². The van der Waals surface area contributed by atoms with Gasteiger partial charge in [-0.2, -0.15) is 0 Å².